The number of anilines is 1. The fourth-order valence-electron chi connectivity index (χ4n) is 4.21. The van der Waals surface area contributed by atoms with Crippen LogP contribution in [0.4, 0.5) is 5.69 Å². The number of nitrogens with one attached hydrogen (secondary N) is 1. The van der Waals surface area contributed by atoms with Gasteiger partial charge in [-0.3, -0.25) is 9.10 Å². The zero-order valence-electron chi connectivity index (χ0n) is 19.3. The zero-order chi connectivity index (χ0) is 23.5. The van der Waals surface area contributed by atoms with Gasteiger partial charge in [0.25, 0.3) is 0 Å². The molecule has 8 heteroatoms. The lowest BCUT2D eigenvalue weighted by Gasteiger charge is -2.30. The predicted octanol–water partition coefficient (Wildman–Crippen LogP) is 3.61. The quantitative estimate of drug-likeness (QED) is 0.650. The van der Waals surface area contributed by atoms with Crippen molar-refractivity contribution in [3.8, 4) is 11.5 Å². The van der Waals surface area contributed by atoms with E-state index in [-0.39, 0.29) is 11.9 Å². The van der Waals surface area contributed by atoms with Gasteiger partial charge in [-0.15, -0.1) is 0 Å². The number of amides is 1. The van der Waals surface area contributed by atoms with Gasteiger partial charge in [-0.05, 0) is 68.4 Å². The van der Waals surface area contributed by atoms with Crippen LogP contribution < -0.4 is 19.1 Å². The molecule has 2 aromatic carbocycles. The number of carbonyl (C=O) groups excluding carboxylic acids is 1. The van der Waals surface area contributed by atoms with E-state index < -0.39 is 16.1 Å². The van der Waals surface area contributed by atoms with Gasteiger partial charge >= 0.3 is 0 Å². The van der Waals surface area contributed by atoms with Crippen LogP contribution in [0.5, 0.6) is 11.5 Å². The molecule has 3 rings (SSSR count). The van der Waals surface area contributed by atoms with E-state index in [9.17, 15) is 13.2 Å². The van der Waals surface area contributed by atoms with Gasteiger partial charge in [-0.1, -0.05) is 18.2 Å². The molecule has 0 aromatic heterocycles. The van der Waals surface area contributed by atoms with Crippen LogP contribution in [0.25, 0.3) is 0 Å². The van der Waals surface area contributed by atoms with Crippen LogP contribution in [-0.2, 0) is 27.7 Å². The summed E-state index contributed by atoms with van der Waals surface area (Å²) in [7, 11) is -0.764. The molecule has 0 saturated carbocycles. The van der Waals surface area contributed by atoms with E-state index in [0.717, 1.165) is 29.0 Å². The second-order valence-electron chi connectivity index (χ2n) is 8.24. The van der Waals surface area contributed by atoms with E-state index >= 15 is 0 Å². The molecule has 1 amide bonds. The Hall–Kier alpha value is -2.74. The highest BCUT2D eigenvalue weighted by atomic mass is 32.2. The maximum atomic E-state index is 13.1. The van der Waals surface area contributed by atoms with Gasteiger partial charge in [0, 0.05) is 6.07 Å². The molecule has 174 valence electrons. The highest BCUT2D eigenvalue weighted by Gasteiger charge is 2.30. The van der Waals surface area contributed by atoms with Crippen molar-refractivity contribution < 1.29 is 22.7 Å². The Bertz CT molecular complexity index is 1080. The predicted molar refractivity (Wildman–Crippen MR) is 126 cm³/mol. The molecule has 32 heavy (non-hydrogen) atoms. The number of hydrogen-bond donors (Lipinski definition) is 1. The van der Waals surface area contributed by atoms with Crippen LogP contribution >= 0.6 is 0 Å². The van der Waals surface area contributed by atoms with Crippen molar-refractivity contribution in [3.05, 3.63) is 53.1 Å². The van der Waals surface area contributed by atoms with E-state index in [2.05, 4.69) is 17.4 Å². The van der Waals surface area contributed by atoms with Crippen molar-refractivity contribution in [2.45, 2.75) is 51.6 Å². The number of aryl methyl sites for hydroxylation is 2. The lowest BCUT2D eigenvalue weighted by atomic mass is 9.89. The Kier molecular flexibility index (Phi) is 7.33. The molecule has 0 bridgehead atoms. The van der Waals surface area contributed by atoms with Gasteiger partial charge < -0.3 is 14.8 Å². The Labute approximate surface area is 190 Å². The second-order valence-corrected chi connectivity index (χ2v) is 10.1. The van der Waals surface area contributed by atoms with Gasteiger partial charge in [-0.2, -0.15) is 0 Å². The molecule has 0 unspecified atom stereocenters. The summed E-state index contributed by atoms with van der Waals surface area (Å²) in [6, 6.07) is 9.91. The van der Waals surface area contributed by atoms with Crippen LogP contribution in [0.2, 0.25) is 0 Å². The van der Waals surface area contributed by atoms with Crippen molar-refractivity contribution in [3.63, 3.8) is 0 Å². The third-order valence-electron chi connectivity index (χ3n) is 5.94. The number of sulfonamides is 1. The summed E-state index contributed by atoms with van der Waals surface area (Å²) < 4.78 is 36.9. The lowest BCUT2D eigenvalue weighted by molar-refractivity contribution is -0.122. The molecule has 1 aliphatic carbocycles. The fourth-order valence-corrected chi connectivity index (χ4v) is 5.38. The number of ether oxygens (including phenoxy) is 2. The number of rotatable bonds is 8. The lowest BCUT2D eigenvalue weighted by Crippen LogP contribution is -2.48. The monoisotopic (exact) mass is 460 g/mol. The van der Waals surface area contributed by atoms with E-state index in [4.69, 9.17) is 9.47 Å². The first kappa shape index (κ1) is 23.9. The molecule has 0 spiro atoms. The van der Waals surface area contributed by atoms with Gasteiger partial charge in [-0.25, -0.2) is 8.42 Å². The van der Waals surface area contributed by atoms with Crippen molar-refractivity contribution >= 4 is 21.6 Å². The van der Waals surface area contributed by atoms with Gasteiger partial charge in [0.1, 0.15) is 6.04 Å². The Morgan fingerprint density at radius 2 is 1.62 bits per heavy atom. The Morgan fingerprint density at radius 3 is 2.25 bits per heavy atom. The SMILES string of the molecule is COc1ccc(N([C@@H](C)C(=O)N[C@@H](C)c2ccc3c(c2)CCCC3)S(C)(=O)=O)cc1OC. The summed E-state index contributed by atoms with van der Waals surface area (Å²) in [6.45, 7) is 3.49. The number of methoxy groups -OCH3 is 2. The number of hydrogen-bond acceptors (Lipinski definition) is 5. The summed E-state index contributed by atoms with van der Waals surface area (Å²) in [5.74, 6) is 0.479. The molecule has 0 radical (unpaired) electrons. The van der Waals surface area contributed by atoms with Crippen LogP contribution in [0.3, 0.4) is 0 Å². The minimum absolute atomic E-state index is 0.246. The molecule has 2 atom stereocenters. The first-order valence-electron chi connectivity index (χ1n) is 10.8. The molecule has 7 nitrogen and oxygen atoms in total. The number of nitrogens with zero attached hydrogens (tertiary/aromatic N) is 1. The highest BCUT2D eigenvalue weighted by Crippen LogP contribution is 2.33. The Balaban J connectivity index is 1.82. The van der Waals surface area contributed by atoms with Crippen molar-refractivity contribution in [2.24, 2.45) is 0 Å². The van der Waals surface area contributed by atoms with E-state index in [0.29, 0.717) is 17.2 Å². The molecule has 1 aliphatic rings. The van der Waals surface area contributed by atoms with E-state index in [1.54, 1.807) is 25.1 Å². The molecule has 0 fully saturated rings. The summed E-state index contributed by atoms with van der Waals surface area (Å²) >= 11 is 0. The molecule has 2 aromatic rings. The third kappa shape index (κ3) is 5.18. The van der Waals surface area contributed by atoms with Crippen LogP contribution in [0.1, 0.15) is 49.4 Å². The summed E-state index contributed by atoms with van der Waals surface area (Å²) in [4.78, 5) is 13.1. The van der Waals surface area contributed by atoms with Crippen LogP contribution in [0.15, 0.2) is 36.4 Å². The van der Waals surface area contributed by atoms with Crippen LogP contribution in [-0.4, -0.2) is 40.8 Å². The average molecular weight is 461 g/mol. The van der Waals surface area contributed by atoms with Crippen molar-refractivity contribution in [1.29, 1.82) is 0 Å². The van der Waals surface area contributed by atoms with E-state index in [1.807, 2.05) is 13.0 Å². The molecule has 0 aliphatic heterocycles. The second kappa shape index (κ2) is 9.81. The topological polar surface area (TPSA) is 84.9 Å². The molecule has 0 saturated heterocycles. The first-order valence-corrected chi connectivity index (χ1v) is 12.6. The molecular formula is C24H32N2O5S. The summed E-state index contributed by atoms with van der Waals surface area (Å²) in [5.41, 5.74) is 4.06. The first-order chi connectivity index (χ1) is 15.2. The van der Waals surface area contributed by atoms with Crippen molar-refractivity contribution in [2.75, 3.05) is 24.8 Å². The fraction of sp³-hybridized carbons (Fsp3) is 0.458. The molecule has 0 heterocycles. The summed E-state index contributed by atoms with van der Waals surface area (Å²) in [5, 5.41) is 2.98. The maximum Gasteiger partial charge on any atom is 0.244 e. The minimum atomic E-state index is -3.74. The summed E-state index contributed by atoms with van der Waals surface area (Å²) in [6.07, 6.45) is 5.64. The van der Waals surface area contributed by atoms with Gasteiger partial charge in [0.2, 0.25) is 15.9 Å². The number of carbonyl (C=O) groups is 1. The smallest absolute Gasteiger partial charge is 0.244 e. The largest absolute Gasteiger partial charge is 0.493 e. The minimum Gasteiger partial charge on any atom is -0.493 e. The van der Waals surface area contributed by atoms with Gasteiger partial charge in [0.05, 0.1) is 32.2 Å². The number of benzene rings is 2. The standard InChI is InChI=1S/C24H32N2O5S/c1-16(19-11-10-18-8-6-7-9-20(18)14-19)25-24(27)17(2)26(32(5,28)29)21-12-13-22(30-3)23(15-21)31-4/h10-17H,6-9H2,1-5H3,(H,25,27)/t16-,17-/m0/s1. The van der Waals surface area contributed by atoms with E-state index in [1.165, 1.54) is 38.2 Å². The molecular weight excluding hydrogens is 428 g/mol. The normalized spacial score (nSPS) is 15.3. The average Bonchev–Trinajstić information content (AvgIpc) is 2.77. The van der Waals surface area contributed by atoms with Gasteiger partial charge in [0.15, 0.2) is 11.5 Å². The molecule has 1 N–H and O–H groups in total. The Morgan fingerprint density at radius 1 is 0.969 bits per heavy atom. The third-order valence-corrected chi connectivity index (χ3v) is 7.18. The van der Waals surface area contributed by atoms with Crippen LogP contribution in [0, 0.1) is 0 Å². The number of fused-ring (bicyclic) bond motifs is 1. The zero-order valence-corrected chi connectivity index (χ0v) is 20.2. The maximum absolute atomic E-state index is 13.1. The highest BCUT2D eigenvalue weighted by molar-refractivity contribution is 7.92. The van der Waals surface area contributed by atoms with Crippen molar-refractivity contribution in [1.82, 2.24) is 5.32 Å².